The summed E-state index contributed by atoms with van der Waals surface area (Å²) in [5.41, 5.74) is 1.73. The quantitative estimate of drug-likeness (QED) is 0.614. The Labute approximate surface area is 135 Å². The Balaban J connectivity index is 1.98. The number of hydrogen-bond acceptors (Lipinski definition) is 3. The maximum atomic E-state index is 11.9. The van der Waals surface area contributed by atoms with Crippen molar-refractivity contribution in [2.45, 2.75) is 0 Å². The number of carbonyl (C=O) groups is 2. The Morgan fingerprint density at radius 2 is 1.67 bits per heavy atom. The predicted octanol–water partition coefficient (Wildman–Crippen LogP) is 3.72. The first-order chi connectivity index (χ1) is 10.1. The molecule has 2 aromatic rings. The number of urea groups is 1. The normalized spacial score (nSPS) is 9.81. The standard InChI is InChI=1S/C15H13IN2O3/c1-21-14(19)10-5-7-12(8-6-10)17-15(20)18-13-4-2-3-11(16)9-13/h2-9H,1H3,(H2,17,18,20). The van der Waals surface area contributed by atoms with Crippen molar-refractivity contribution in [3.63, 3.8) is 0 Å². The zero-order chi connectivity index (χ0) is 15.2. The Kier molecular flexibility index (Phi) is 5.15. The molecule has 6 heteroatoms. The van der Waals surface area contributed by atoms with E-state index in [0.29, 0.717) is 16.9 Å². The topological polar surface area (TPSA) is 67.4 Å². The number of hydrogen-bond donors (Lipinski definition) is 2. The van der Waals surface area contributed by atoms with Crippen LogP contribution in [0, 0.1) is 3.57 Å². The highest BCUT2D eigenvalue weighted by Crippen LogP contribution is 2.14. The molecule has 5 nitrogen and oxygen atoms in total. The first-order valence-corrected chi connectivity index (χ1v) is 7.18. The molecule has 2 aromatic carbocycles. The van der Waals surface area contributed by atoms with Crippen LogP contribution in [0.1, 0.15) is 10.4 Å². The molecule has 0 aliphatic heterocycles. The fourth-order valence-electron chi connectivity index (χ4n) is 1.67. The number of amides is 2. The Morgan fingerprint density at radius 3 is 2.29 bits per heavy atom. The molecule has 2 N–H and O–H groups in total. The third kappa shape index (κ3) is 4.45. The number of nitrogens with one attached hydrogen (secondary N) is 2. The lowest BCUT2D eigenvalue weighted by Crippen LogP contribution is -2.19. The van der Waals surface area contributed by atoms with Crippen molar-refractivity contribution >= 4 is 46.0 Å². The third-order valence-corrected chi connectivity index (χ3v) is 3.32. The molecule has 0 unspecified atom stereocenters. The SMILES string of the molecule is COC(=O)c1ccc(NC(=O)Nc2cccc(I)c2)cc1. The molecule has 0 saturated carbocycles. The fourth-order valence-corrected chi connectivity index (χ4v) is 2.21. The monoisotopic (exact) mass is 396 g/mol. The van der Waals surface area contributed by atoms with Crippen molar-refractivity contribution < 1.29 is 14.3 Å². The summed E-state index contributed by atoms with van der Waals surface area (Å²) in [5, 5.41) is 5.42. The molecule has 0 aromatic heterocycles. The van der Waals surface area contributed by atoms with Gasteiger partial charge in [0.1, 0.15) is 0 Å². The average Bonchev–Trinajstić information content (AvgIpc) is 2.47. The molecule has 0 bridgehead atoms. The largest absolute Gasteiger partial charge is 0.465 e. The molecule has 0 heterocycles. The molecule has 21 heavy (non-hydrogen) atoms. The average molecular weight is 396 g/mol. The lowest BCUT2D eigenvalue weighted by Gasteiger charge is -2.08. The molecule has 0 radical (unpaired) electrons. The van der Waals surface area contributed by atoms with Gasteiger partial charge in [0.15, 0.2) is 0 Å². The highest BCUT2D eigenvalue weighted by atomic mass is 127. The van der Waals surface area contributed by atoms with Crippen LogP contribution in [-0.2, 0) is 4.74 Å². The molecular formula is C15H13IN2O3. The number of esters is 1. The highest BCUT2D eigenvalue weighted by molar-refractivity contribution is 14.1. The van der Waals surface area contributed by atoms with Gasteiger partial charge in [-0.15, -0.1) is 0 Å². The second-order valence-electron chi connectivity index (χ2n) is 4.16. The molecule has 2 rings (SSSR count). The molecule has 0 aliphatic carbocycles. The highest BCUT2D eigenvalue weighted by Gasteiger charge is 2.06. The Bertz CT molecular complexity index is 656. The van der Waals surface area contributed by atoms with Crippen LogP contribution in [-0.4, -0.2) is 19.1 Å². The Morgan fingerprint density at radius 1 is 1.00 bits per heavy atom. The summed E-state index contributed by atoms with van der Waals surface area (Å²) in [7, 11) is 1.32. The summed E-state index contributed by atoms with van der Waals surface area (Å²) in [6.45, 7) is 0. The van der Waals surface area contributed by atoms with Gasteiger partial charge in [-0.1, -0.05) is 6.07 Å². The Hall–Kier alpha value is -2.09. The van der Waals surface area contributed by atoms with E-state index in [1.54, 1.807) is 24.3 Å². The van der Waals surface area contributed by atoms with E-state index < -0.39 is 5.97 Å². The predicted molar refractivity (Wildman–Crippen MR) is 89.6 cm³/mol. The van der Waals surface area contributed by atoms with Gasteiger partial charge in [0.05, 0.1) is 12.7 Å². The van der Waals surface area contributed by atoms with Crippen molar-refractivity contribution in [3.05, 3.63) is 57.7 Å². The number of methoxy groups -OCH3 is 1. The first-order valence-electron chi connectivity index (χ1n) is 6.10. The number of halogens is 1. The number of carbonyl (C=O) groups excluding carboxylic acids is 2. The van der Waals surface area contributed by atoms with E-state index in [4.69, 9.17) is 0 Å². The second kappa shape index (κ2) is 7.07. The first kappa shape index (κ1) is 15.3. The smallest absolute Gasteiger partial charge is 0.337 e. The van der Waals surface area contributed by atoms with Crippen LogP contribution in [0.2, 0.25) is 0 Å². The molecule has 0 spiro atoms. The van der Waals surface area contributed by atoms with Crippen LogP contribution in [0.5, 0.6) is 0 Å². The van der Waals surface area contributed by atoms with Crippen LogP contribution in [0.25, 0.3) is 0 Å². The van der Waals surface area contributed by atoms with E-state index in [1.807, 2.05) is 24.3 Å². The van der Waals surface area contributed by atoms with Crippen molar-refractivity contribution in [1.29, 1.82) is 0 Å². The van der Waals surface area contributed by atoms with Crippen LogP contribution in [0.4, 0.5) is 16.2 Å². The van der Waals surface area contributed by atoms with Gasteiger partial charge >= 0.3 is 12.0 Å². The van der Waals surface area contributed by atoms with Crippen molar-refractivity contribution in [1.82, 2.24) is 0 Å². The van der Waals surface area contributed by atoms with Gasteiger partial charge in [0.25, 0.3) is 0 Å². The summed E-state index contributed by atoms with van der Waals surface area (Å²) in [6, 6.07) is 13.6. The summed E-state index contributed by atoms with van der Waals surface area (Å²) in [5.74, 6) is -0.412. The van der Waals surface area contributed by atoms with Crippen molar-refractivity contribution in [2.75, 3.05) is 17.7 Å². The van der Waals surface area contributed by atoms with Gasteiger partial charge in [-0.2, -0.15) is 0 Å². The van der Waals surface area contributed by atoms with Gasteiger partial charge < -0.3 is 15.4 Å². The number of anilines is 2. The van der Waals surface area contributed by atoms with E-state index in [9.17, 15) is 9.59 Å². The number of ether oxygens (including phenoxy) is 1. The minimum Gasteiger partial charge on any atom is -0.465 e. The summed E-state index contributed by atoms with van der Waals surface area (Å²) in [4.78, 5) is 23.1. The van der Waals surface area contributed by atoms with E-state index in [2.05, 4.69) is 38.0 Å². The summed E-state index contributed by atoms with van der Waals surface area (Å²) < 4.78 is 5.64. The van der Waals surface area contributed by atoms with Crippen LogP contribution >= 0.6 is 22.6 Å². The summed E-state index contributed by atoms with van der Waals surface area (Å²) in [6.07, 6.45) is 0. The van der Waals surface area contributed by atoms with E-state index >= 15 is 0 Å². The van der Waals surface area contributed by atoms with E-state index in [-0.39, 0.29) is 6.03 Å². The molecule has 2 amide bonds. The van der Waals surface area contributed by atoms with Gasteiger partial charge in [-0.3, -0.25) is 0 Å². The minimum absolute atomic E-state index is 0.345. The fraction of sp³-hybridized carbons (Fsp3) is 0.0667. The van der Waals surface area contributed by atoms with Crippen molar-refractivity contribution in [2.24, 2.45) is 0 Å². The van der Waals surface area contributed by atoms with Gasteiger partial charge in [-0.25, -0.2) is 9.59 Å². The maximum Gasteiger partial charge on any atom is 0.337 e. The zero-order valence-corrected chi connectivity index (χ0v) is 13.4. The van der Waals surface area contributed by atoms with Crippen molar-refractivity contribution in [3.8, 4) is 0 Å². The van der Waals surface area contributed by atoms with Gasteiger partial charge in [0.2, 0.25) is 0 Å². The summed E-state index contributed by atoms with van der Waals surface area (Å²) >= 11 is 2.17. The van der Waals surface area contributed by atoms with Crippen LogP contribution < -0.4 is 10.6 Å². The van der Waals surface area contributed by atoms with Gasteiger partial charge in [-0.05, 0) is 65.1 Å². The molecule has 0 aliphatic rings. The molecule has 108 valence electrons. The molecule has 0 fully saturated rings. The molecular weight excluding hydrogens is 383 g/mol. The molecule has 0 saturated heterocycles. The van der Waals surface area contributed by atoms with Crippen LogP contribution in [0.3, 0.4) is 0 Å². The number of benzene rings is 2. The molecule has 0 atom stereocenters. The lowest BCUT2D eigenvalue weighted by molar-refractivity contribution is 0.0601. The van der Waals surface area contributed by atoms with E-state index in [1.165, 1.54) is 7.11 Å². The second-order valence-corrected chi connectivity index (χ2v) is 5.40. The maximum absolute atomic E-state index is 11.9. The lowest BCUT2D eigenvalue weighted by atomic mass is 10.2. The number of rotatable bonds is 3. The third-order valence-electron chi connectivity index (χ3n) is 2.65. The minimum atomic E-state index is -0.412. The van der Waals surface area contributed by atoms with Gasteiger partial charge in [0, 0.05) is 14.9 Å². The van der Waals surface area contributed by atoms with E-state index in [0.717, 1.165) is 3.57 Å². The van der Waals surface area contributed by atoms with Crippen LogP contribution in [0.15, 0.2) is 48.5 Å². The zero-order valence-electron chi connectivity index (χ0n) is 11.2.